The first-order chi connectivity index (χ1) is 15.6. The molecule has 1 aromatic rings. The molecule has 4 amide bonds. The molecule has 1 fully saturated rings. The maximum atomic E-state index is 13.4. The first-order valence-corrected chi connectivity index (χ1v) is 11.7. The van der Waals surface area contributed by atoms with Crippen LogP contribution in [0.1, 0.15) is 50.9 Å². The van der Waals surface area contributed by atoms with Crippen LogP contribution in [-0.4, -0.2) is 77.7 Å². The Morgan fingerprint density at radius 2 is 1.97 bits per heavy atom. The molecule has 0 unspecified atom stereocenters. The van der Waals surface area contributed by atoms with E-state index in [1.165, 1.54) is 0 Å². The van der Waals surface area contributed by atoms with E-state index in [9.17, 15) is 19.5 Å². The molecule has 1 heterocycles. The van der Waals surface area contributed by atoms with E-state index < -0.39 is 12.1 Å². The van der Waals surface area contributed by atoms with Crippen LogP contribution in [0.25, 0.3) is 0 Å². The van der Waals surface area contributed by atoms with Gasteiger partial charge in [0.05, 0.1) is 30.4 Å². The number of likely N-dealkylation sites (N-methyl/N-ethyl adjacent to an activating group) is 1. The Balaban J connectivity index is 1.96. The Morgan fingerprint density at radius 1 is 1.27 bits per heavy atom. The number of aliphatic hydroxyl groups excluding tert-OH is 1. The summed E-state index contributed by atoms with van der Waals surface area (Å²) in [4.78, 5) is 41.6. The lowest BCUT2D eigenvalue weighted by molar-refractivity contribution is -0.117. The smallest absolute Gasteiger partial charge is 0.317 e. The predicted molar refractivity (Wildman–Crippen MR) is 125 cm³/mol. The second kappa shape index (κ2) is 10.4. The number of carbonyl (C=O) groups is 3. The molecule has 1 aliphatic carbocycles. The van der Waals surface area contributed by atoms with Crippen LogP contribution in [0.2, 0.25) is 0 Å². The summed E-state index contributed by atoms with van der Waals surface area (Å²) in [5, 5.41) is 15.6. The minimum Gasteiger partial charge on any atom is -0.485 e. The number of hydrogen-bond donors (Lipinski definition) is 3. The third kappa shape index (κ3) is 5.96. The summed E-state index contributed by atoms with van der Waals surface area (Å²) < 4.78 is 6.39. The van der Waals surface area contributed by atoms with Crippen molar-refractivity contribution in [3.63, 3.8) is 0 Å². The molecule has 33 heavy (non-hydrogen) atoms. The first kappa shape index (κ1) is 24.8. The number of urea groups is 1. The summed E-state index contributed by atoms with van der Waals surface area (Å²) in [6.45, 7) is 8.02. The second-order valence-electron chi connectivity index (χ2n) is 9.55. The van der Waals surface area contributed by atoms with Crippen molar-refractivity contribution in [1.82, 2.24) is 15.1 Å². The number of ether oxygens (including phenoxy) is 1. The van der Waals surface area contributed by atoms with Gasteiger partial charge in [0.1, 0.15) is 6.10 Å². The van der Waals surface area contributed by atoms with E-state index >= 15 is 0 Å². The van der Waals surface area contributed by atoms with Gasteiger partial charge < -0.3 is 30.3 Å². The van der Waals surface area contributed by atoms with Crippen LogP contribution in [0, 0.1) is 11.8 Å². The number of anilines is 1. The number of carbonyl (C=O) groups excluding carboxylic acids is 3. The van der Waals surface area contributed by atoms with Gasteiger partial charge in [0.25, 0.3) is 5.91 Å². The van der Waals surface area contributed by atoms with Crippen molar-refractivity contribution in [2.45, 2.75) is 58.7 Å². The number of rotatable bonds is 7. The number of amides is 4. The Hall–Kier alpha value is -2.81. The van der Waals surface area contributed by atoms with Gasteiger partial charge in [-0.05, 0) is 45.7 Å². The normalized spacial score (nSPS) is 21.4. The van der Waals surface area contributed by atoms with Crippen molar-refractivity contribution in [1.29, 1.82) is 0 Å². The number of benzene rings is 1. The van der Waals surface area contributed by atoms with E-state index in [4.69, 9.17) is 4.74 Å². The van der Waals surface area contributed by atoms with Gasteiger partial charge in [-0.1, -0.05) is 13.0 Å². The number of nitrogens with one attached hydrogen (secondary N) is 2. The van der Waals surface area contributed by atoms with E-state index in [0.29, 0.717) is 30.1 Å². The standard InChI is InChI=1S/C24H36N4O5/c1-14(2)25-24(32)27(5)12-20-15(3)11-28(16(4)13-29)23(31)18-7-6-8-19(21(18)33-20)26-22(30)17-9-10-17/h6-8,14-17,20,29H,9-13H2,1-5H3,(H,25,32)(H,26,30)/t15-,16+,20+/m0/s1. The van der Waals surface area contributed by atoms with Crippen LogP contribution in [0.5, 0.6) is 5.75 Å². The van der Waals surface area contributed by atoms with Crippen LogP contribution < -0.4 is 15.4 Å². The van der Waals surface area contributed by atoms with Crippen molar-refractivity contribution >= 4 is 23.5 Å². The molecule has 3 N–H and O–H groups in total. The summed E-state index contributed by atoms with van der Waals surface area (Å²) in [7, 11) is 1.70. The highest BCUT2D eigenvalue weighted by atomic mass is 16.5. The summed E-state index contributed by atoms with van der Waals surface area (Å²) in [6.07, 6.45) is 1.28. The maximum absolute atomic E-state index is 13.4. The van der Waals surface area contributed by atoms with E-state index in [1.807, 2.05) is 20.8 Å². The van der Waals surface area contributed by atoms with E-state index in [2.05, 4.69) is 10.6 Å². The molecule has 0 radical (unpaired) electrons. The van der Waals surface area contributed by atoms with Gasteiger partial charge in [0.2, 0.25) is 5.91 Å². The number of aliphatic hydroxyl groups is 1. The summed E-state index contributed by atoms with van der Waals surface area (Å²) in [5.41, 5.74) is 0.776. The van der Waals surface area contributed by atoms with Crippen LogP contribution in [0.15, 0.2) is 18.2 Å². The quantitative estimate of drug-likeness (QED) is 0.578. The summed E-state index contributed by atoms with van der Waals surface area (Å²) in [6, 6.07) is 4.51. The highest BCUT2D eigenvalue weighted by molar-refractivity contribution is 6.02. The molecule has 0 bridgehead atoms. The monoisotopic (exact) mass is 460 g/mol. The molecule has 182 valence electrons. The lowest BCUT2D eigenvalue weighted by Gasteiger charge is -2.38. The molecule has 0 aromatic heterocycles. The largest absolute Gasteiger partial charge is 0.485 e. The fraction of sp³-hybridized carbons (Fsp3) is 0.625. The van der Waals surface area contributed by atoms with Crippen LogP contribution in [-0.2, 0) is 4.79 Å². The summed E-state index contributed by atoms with van der Waals surface area (Å²) in [5.74, 6) is -0.180. The minimum atomic E-state index is -0.438. The van der Waals surface area contributed by atoms with Gasteiger partial charge in [-0.25, -0.2) is 4.79 Å². The zero-order valence-corrected chi connectivity index (χ0v) is 20.1. The van der Waals surface area contributed by atoms with Gasteiger partial charge in [0.15, 0.2) is 5.75 Å². The molecule has 1 aromatic carbocycles. The summed E-state index contributed by atoms with van der Waals surface area (Å²) >= 11 is 0. The fourth-order valence-corrected chi connectivity index (χ4v) is 3.85. The molecule has 9 heteroatoms. The average molecular weight is 461 g/mol. The highest BCUT2D eigenvalue weighted by Crippen LogP contribution is 2.37. The average Bonchev–Trinajstić information content (AvgIpc) is 3.61. The molecule has 1 aliphatic heterocycles. The van der Waals surface area contributed by atoms with Gasteiger partial charge in [-0.15, -0.1) is 0 Å². The molecule has 3 atom stereocenters. The van der Waals surface area contributed by atoms with Crippen molar-refractivity contribution in [2.75, 3.05) is 32.1 Å². The van der Waals surface area contributed by atoms with Gasteiger partial charge in [0, 0.05) is 31.5 Å². The zero-order chi connectivity index (χ0) is 24.3. The van der Waals surface area contributed by atoms with Crippen LogP contribution >= 0.6 is 0 Å². The number of para-hydroxylation sites is 1. The number of nitrogens with zero attached hydrogens (tertiary/aromatic N) is 2. The third-order valence-electron chi connectivity index (χ3n) is 6.11. The molecule has 0 saturated heterocycles. The Bertz CT molecular complexity index is 886. The Kier molecular flexibility index (Phi) is 7.84. The van der Waals surface area contributed by atoms with Crippen molar-refractivity contribution in [2.24, 2.45) is 11.8 Å². The fourth-order valence-electron chi connectivity index (χ4n) is 3.85. The highest BCUT2D eigenvalue weighted by Gasteiger charge is 2.36. The maximum Gasteiger partial charge on any atom is 0.317 e. The van der Waals surface area contributed by atoms with Crippen molar-refractivity contribution < 1.29 is 24.2 Å². The molecular formula is C24H36N4O5. The van der Waals surface area contributed by atoms with Crippen LogP contribution in [0.3, 0.4) is 0 Å². The van der Waals surface area contributed by atoms with Gasteiger partial charge in [-0.2, -0.15) is 0 Å². The van der Waals surface area contributed by atoms with E-state index in [-0.39, 0.29) is 42.3 Å². The lowest BCUT2D eigenvalue weighted by Crippen LogP contribution is -2.51. The molecule has 3 rings (SSSR count). The number of fused-ring (bicyclic) bond motifs is 1. The predicted octanol–water partition coefficient (Wildman–Crippen LogP) is 2.30. The van der Waals surface area contributed by atoms with Gasteiger partial charge >= 0.3 is 6.03 Å². The SMILES string of the molecule is CC(C)NC(=O)N(C)C[C@H]1Oc2c(NC(=O)C3CC3)cccc2C(=O)N([C@H](C)CO)C[C@@H]1C. The molecule has 1 saturated carbocycles. The number of hydrogen-bond acceptors (Lipinski definition) is 5. The zero-order valence-electron chi connectivity index (χ0n) is 20.1. The third-order valence-corrected chi connectivity index (χ3v) is 6.11. The molecule has 2 aliphatic rings. The molecular weight excluding hydrogens is 424 g/mol. The van der Waals surface area contributed by atoms with Crippen molar-refractivity contribution in [3.8, 4) is 5.75 Å². The van der Waals surface area contributed by atoms with E-state index in [1.54, 1.807) is 42.0 Å². The lowest BCUT2D eigenvalue weighted by atomic mass is 9.99. The molecule has 9 nitrogen and oxygen atoms in total. The van der Waals surface area contributed by atoms with Crippen molar-refractivity contribution in [3.05, 3.63) is 23.8 Å². The molecule has 0 spiro atoms. The first-order valence-electron chi connectivity index (χ1n) is 11.7. The van der Waals surface area contributed by atoms with Gasteiger partial charge in [-0.3, -0.25) is 9.59 Å². The Morgan fingerprint density at radius 3 is 2.58 bits per heavy atom. The Labute approximate surface area is 195 Å². The topological polar surface area (TPSA) is 111 Å². The van der Waals surface area contributed by atoms with Crippen LogP contribution in [0.4, 0.5) is 10.5 Å². The second-order valence-corrected chi connectivity index (χ2v) is 9.55. The minimum absolute atomic E-state index is 0.000827. The van der Waals surface area contributed by atoms with E-state index in [0.717, 1.165) is 12.8 Å².